The number of aromatic amines is 1. The van der Waals surface area contributed by atoms with Crippen LogP contribution in [0.3, 0.4) is 0 Å². The SMILES string of the molecule is Nc1nc(Nc2ccc(N3CCOCC3)c(F)c2)nc2nc[nH]c12. The van der Waals surface area contributed by atoms with Crippen molar-refractivity contribution in [2.24, 2.45) is 0 Å². The molecule has 3 aromatic rings. The van der Waals surface area contributed by atoms with Gasteiger partial charge in [0.15, 0.2) is 11.5 Å². The number of rotatable bonds is 3. The summed E-state index contributed by atoms with van der Waals surface area (Å²) in [6.07, 6.45) is 1.50. The molecule has 1 fully saturated rings. The summed E-state index contributed by atoms with van der Waals surface area (Å²) in [6, 6.07) is 4.93. The molecule has 9 heteroatoms. The van der Waals surface area contributed by atoms with E-state index in [1.807, 2.05) is 4.90 Å². The number of nitrogens with one attached hydrogen (secondary N) is 2. The number of H-pyrrole nitrogens is 1. The highest BCUT2D eigenvalue weighted by molar-refractivity contribution is 5.82. The molecule has 3 heterocycles. The first kappa shape index (κ1) is 14.6. The lowest BCUT2D eigenvalue weighted by Gasteiger charge is -2.29. The molecule has 1 aromatic carbocycles. The molecule has 4 N–H and O–H groups in total. The van der Waals surface area contributed by atoms with E-state index in [0.29, 0.717) is 48.8 Å². The van der Waals surface area contributed by atoms with E-state index in [0.717, 1.165) is 0 Å². The van der Waals surface area contributed by atoms with Gasteiger partial charge in [0.2, 0.25) is 5.95 Å². The maximum Gasteiger partial charge on any atom is 0.231 e. The van der Waals surface area contributed by atoms with Crippen molar-refractivity contribution in [3.63, 3.8) is 0 Å². The van der Waals surface area contributed by atoms with Gasteiger partial charge < -0.3 is 25.7 Å². The third-order valence-electron chi connectivity index (χ3n) is 3.87. The van der Waals surface area contributed by atoms with E-state index in [2.05, 4.69) is 25.3 Å². The van der Waals surface area contributed by atoms with Crippen molar-refractivity contribution in [3.05, 3.63) is 30.3 Å². The van der Waals surface area contributed by atoms with Crippen LogP contribution in [0.4, 0.5) is 27.5 Å². The van der Waals surface area contributed by atoms with Crippen molar-refractivity contribution >= 4 is 34.3 Å². The van der Waals surface area contributed by atoms with Crippen LogP contribution >= 0.6 is 0 Å². The normalized spacial score (nSPS) is 15.0. The first-order valence-electron chi connectivity index (χ1n) is 7.56. The average molecular weight is 329 g/mol. The summed E-state index contributed by atoms with van der Waals surface area (Å²) in [5.74, 6) is 0.242. The second-order valence-corrected chi connectivity index (χ2v) is 5.42. The summed E-state index contributed by atoms with van der Waals surface area (Å²) in [5, 5.41) is 2.96. The predicted molar refractivity (Wildman–Crippen MR) is 88.8 cm³/mol. The topological polar surface area (TPSA) is 105 Å². The molecule has 0 aliphatic carbocycles. The van der Waals surface area contributed by atoms with Crippen LogP contribution in [0.25, 0.3) is 11.2 Å². The highest BCUT2D eigenvalue weighted by Gasteiger charge is 2.16. The van der Waals surface area contributed by atoms with Crippen molar-refractivity contribution in [1.29, 1.82) is 0 Å². The van der Waals surface area contributed by atoms with E-state index >= 15 is 0 Å². The number of fused-ring (bicyclic) bond motifs is 1. The molecule has 0 unspecified atom stereocenters. The van der Waals surface area contributed by atoms with E-state index in [1.54, 1.807) is 12.1 Å². The number of imidazole rings is 1. The monoisotopic (exact) mass is 329 g/mol. The van der Waals surface area contributed by atoms with Gasteiger partial charge in [-0.1, -0.05) is 0 Å². The first-order chi connectivity index (χ1) is 11.7. The summed E-state index contributed by atoms with van der Waals surface area (Å²) in [7, 11) is 0. The number of halogens is 1. The van der Waals surface area contributed by atoms with Crippen molar-refractivity contribution in [2.75, 3.05) is 42.3 Å². The van der Waals surface area contributed by atoms with E-state index < -0.39 is 0 Å². The molecule has 124 valence electrons. The van der Waals surface area contributed by atoms with Crippen LogP contribution < -0.4 is 16.0 Å². The molecule has 1 aliphatic heterocycles. The number of benzene rings is 1. The molecular formula is C15H16FN7O. The number of aromatic nitrogens is 4. The molecular weight excluding hydrogens is 313 g/mol. The highest BCUT2D eigenvalue weighted by atomic mass is 19.1. The Labute approximate surface area is 136 Å². The molecule has 8 nitrogen and oxygen atoms in total. The number of nitrogens with two attached hydrogens (primary N) is 1. The Hall–Kier alpha value is -2.94. The molecule has 0 amide bonds. The van der Waals surface area contributed by atoms with Crippen molar-refractivity contribution in [1.82, 2.24) is 19.9 Å². The molecule has 0 atom stereocenters. The lowest BCUT2D eigenvalue weighted by atomic mass is 10.2. The zero-order chi connectivity index (χ0) is 16.5. The number of morpholine rings is 1. The molecule has 0 spiro atoms. The molecule has 4 rings (SSSR count). The molecule has 1 saturated heterocycles. The Morgan fingerprint density at radius 2 is 2.08 bits per heavy atom. The first-order valence-corrected chi connectivity index (χ1v) is 7.56. The van der Waals surface area contributed by atoms with Crippen LogP contribution in [0.5, 0.6) is 0 Å². The lowest BCUT2D eigenvalue weighted by molar-refractivity contribution is 0.122. The van der Waals surface area contributed by atoms with Crippen molar-refractivity contribution < 1.29 is 9.13 Å². The Morgan fingerprint density at radius 1 is 1.25 bits per heavy atom. The zero-order valence-electron chi connectivity index (χ0n) is 12.8. The Balaban J connectivity index is 1.58. The van der Waals surface area contributed by atoms with Crippen molar-refractivity contribution in [2.45, 2.75) is 0 Å². The second kappa shape index (κ2) is 5.93. The molecule has 0 saturated carbocycles. The van der Waals surface area contributed by atoms with Crippen LogP contribution in [-0.2, 0) is 4.74 Å². The van der Waals surface area contributed by atoms with Gasteiger partial charge in [0.1, 0.15) is 11.3 Å². The van der Waals surface area contributed by atoms with Crippen LogP contribution in [0.15, 0.2) is 24.5 Å². The minimum absolute atomic E-state index is 0.269. The van der Waals surface area contributed by atoms with Crippen molar-refractivity contribution in [3.8, 4) is 0 Å². The van der Waals surface area contributed by atoms with Gasteiger partial charge in [-0.05, 0) is 18.2 Å². The van der Waals surface area contributed by atoms with Crippen LogP contribution in [0.2, 0.25) is 0 Å². The number of anilines is 4. The number of nitrogens with zero attached hydrogens (tertiary/aromatic N) is 4. The van der Waals surface area contributed by atoms with Gasteiger partial charge in [-0.2, -0.15) is 9.97 Å². The summed E-state index contributed by atoms with van der Waals surface area (Å²) >= 11 is 0. The smallest absolute Gasteiger partial charge is 0.231 e. The van der Waals surface area contributed by atoms with Gasteiger partial charge >= 0.3 is 0 Å². The fraction of sp³-hybridized carbons (Fsp3) is 0.267. The fourth-order valence-corrected chi connectivity index (χ4v) is 2.69. The van der Waals surface area contributed by atoms with Gasteiger partial charge in [0, 0.05) is 18.8 Å². The Bertz CT molecular complexity index is 875. The minimum atomic E-state index is -0.310. The van der Waals surface area contributed by atoms with Crippen LogP contribution in [-0.4, -0.2) is 46.2 Å². The lowest BCUT2D eigenvalue weighted by Crippen LogP contribution is -2.36. The number of hydrogen-bond donors (Lipinski definition) is 3. The summed E-state index contributed by atoms with van der Waals surface area (Å²) in [6.45, 7) is 2.57. The zero-order valence-corrected chi connectivity index (χ0v) is 12.8. The minimum Gasteiger partial charge on any atom is -0.382 e. The third-order valence-corrected chi connectivity index (χ3v) is 3.87. The molecule has 0 radical (unpaired) electrons. The molecule has 1 aliphatic rings. The molecule has 0 bridgehead atoms. The fourth-order valence-electron chi connectivity index (χ4n) is 2.69. The predicted octanol–water partition coefficient (Wildman–Crippen LogP) is 1.65. The van der Waals surface area contributed by atoms with Gasteiger partial charge in [-0.25, -0.2) is 9.37 Å². The Kier molecular flexibility index (Phi) is 3.62. The van der Waals surface area contributed by atoms with E-state index in [1.165, 1.54) is 12.4 Å². The third kappa shape index (κ3) is 2.69. The molecule has 2 aromatic heterocycles. The number of nitrogen functional groups attached to an aromatic ring is 1. The highest BCUT2D eigenvalue weighted by Crippen LogP contribution is 2.25. The quantitative estimate of drug-likeness (QED) is 0.671. The van der Waals surface area contributed by atoms with Gasteiger partial charge in [-0.3, -0.25) is 0 Å². The van der Waals surface area contributed by atoms with E-state index in [9.17, 15) is 4.39 Å². The van der Waals surface area contributed by atoms with E-state index in [4.69, 9.17) is 10.5 Å². The largest absolute Gasteiger partial charge is 0.382 e. The molecule has 24 heavy (non-hydrogen) atoms. The van der Waals surface area contributed by atoms with E-state index in [-0.39, 0.29) is 17.6 Å². The van der Waals surface area contributed by atoms with Gasteiger partial charge in [0.05, 0.1) is 25.2 Å². The van der Waals surface area contributed by atoms with Crippen LogP contribution in [0.1, 0.15) is 0 Å². The maximum atomic E-state index is 14.4. The standard InChI is InChI=1S/C15H16FN7O/c16-10-7-9(1-2-11(10)23-3-5-24-6-4-23)20-15-21-13(17)12-14(22-15)19-8-18-12/h1-2,7-8H,3-6H2,(H4,17,18,19,20,21,22). The maximum absolute atomic E-state index is 14.4. The summed E-state index contributed by atoms with van der Waals surface area (Å²) in [4.78, 5) is 17.3. The number of hydrogen-bond acceptors (Lipinski definition) is 7. The number of ether oxygens (including phenoxy) is 1. The van der Waals surface area contributed by atoms with Crippen LogP contribution in [0, 0.1) is 5.82 Å². The summed E-state index contributed by atoms with van der Waals surface area (Å²) in [5.41, 5.74) is 7.99. The average Bonchev–Trinajstić information content (AvgIpc) is 3.05. The van der Waals surface area contributed by atoms with Gasteiger partial charge in [0.25, 0.3) is 0 Å². The van der Waals surface area contributed by atoms with Gasteiger partial charge in [-0.15, -0.1) is 0 Å². The Morgan fingerprint density at radius 3 is 2.88 bits per heavy atom. The second-order valence-electron chi connectivity index (χ2n) is 5.42. The summed E-state index contributed by atoms with van der Waals surface area (Å²) < 4.78 is 19.7.